The van der Waals surface area contributed by atoms with Crippen molar-refractivity contribution >= 4 is 16.8 Å². The van der Waals surface area contributed by atoms with Crippen LogP contribution in [0.4, 0.5) is 0 Å². The Bertz CT molecular complexity index is 982. The van der Waals surface area contributed by atoms with Crippen molar-refractivity contribution in [2.45, 2.75) is 37.8 Å². The van der Waals surface area contributed by atoms with Crippen LogP contribution in [0.1, 0.15) is 24.8 Å². The molecular weight excluding hydrogens is 348 g/mol. The lowest BCUT2D eigenvalue weighted by molar-refractivity contribution is -0.125. The maximum absolute atomic E-state index is 11.8. The van der Waals surface area contributed by atoms with Crippen LogP contribution in [0.3, 0.4) is 0 Å². The number of hydrogen-bond acceptors (Lipinski definition) is 3. The lowest BCUT2D eigenvalue weighted by atomic mass is 9.96. The van der Waals surface area contributed by atoms with Crippen molar-refractivity contribution in [1.29, 1.82) is 5.26 Å². The van der Waals surface area contributed by atoms with Crippen LogP contribution in [0.15, 0.2) is 54.6 Å². The van der Waals surface area contributed by atoms with Gasteiger partial charge in [-0.2, -0.15) is 5.26 Å². The third-order valence-electron chi connectivity index (χ3n) is 5.65. The summed E-state index contributed by atoms with van der Waals surface area (Å²) in [6.45, 7) is 0.749. The highest BCUT2D eigenvalue weighted by Crippen LogP contribution is 2.26. The van der Waals surface area contributed by atoms with E-state index in [4.69, 9.17) is 5.73 Å². The number of primary amides is 1. The summed E-state index contributed by atoms with van der Waals surface area (Å²) in [6, 6.07) is 20.4. The minimum atomic E-state index is -0.336. The molecule has 2 atom stereocenters. The number of piperidine rings is 1. The smallest absolute Gasteiger partial charge is 0.234 e. The third kappa shape index (κ3) is 3.64. The van der Waals surface area contributed by atoms with Gasteiger partial charge >= 0.3 is 0 Å². The molecule has 0 radical (unpaired) electrons. The molecular formula is C23H24N4O. The first-order valence-electron chi connectivity index (χ1n) is 9.77. The first-order chi connectivity index (χ1) is 13.7. The average Bonchev–Trinajstić information content (AvgIpc) is 3.16. The molecule has 2 aromatic carbocycles. The Labute approximate surface area is 164 Å². The van der Waals surface area contributed by atoms with Gasteiger partial charge in [-0.3, -0.25) is 9.69 Å². The van der Waals surface area contributed by atoms with Crippen molar-refractivity contribution in [2.75, 3.05) is 6.54 Å². The standard InChI is InChI=1S/C23H24N4O/c24-15-19(27-12-4-3-7-22(27)23(25)28)13-16-8-10-17(11-9-16)21-14-18-5-1-2-6-20(18)26-21/h1-2,5-6,8-11,14,19,22,26H,3-4,7,12-13H2,(H2,25,28)/t19-,22-/m0/s1. The molecule has 1 aliphatic rings. The fraction of sp³-hybridized carbons (Fsp3) is 0.304. The molecule has 0 bridgehead atoms. The highest BCUT2D eigenvalue weighted by Gasteiger charge is 2.32. The number of amides is 1. The summed E-state index contributed by atoms with van der Waals surface area (Å²) < 4.78 is 0. The van der Waals surface area contributed by atoms with Crippen LogP contribution in [-0.2, 0) is 11.2 Å². The van der Waals surface area contributed by atoms with Gasteiger partial charge in [0, 0.05) is 29.6 Å². The van der Waals surface area contributed by atoms with Gasteiger partial charge in [0.25, 0.3) is 0 Å². The molecule has 28 heavy (non-hydrogen) atoms. The molecule has 0 saturated carbocycles. The van der Waals surface area contributed by atoms with E-state index >= 15 is 0 Å². The number of hydrogen-bond donors (Lipinski definition) is 2. The first-order valence-corrected chi connectivity index (χ1v) is 9.77. The van der Waals surface area contributed by atoms with Crippen LogP contribution in [0.25, 0.3) is 22.2 Å². The molecule has 1 aromatic heterocycles. The van der Waals surface area contributed by atoms with Crippen molar-refractivity contribution in [3.05, 3.63) is 60.2 Å². The molecule has 1 fully saturated rings. The molecule has 5 heteroatoms. The number of nitrogens with one attached hydrogen (secondary N) is 1. The Morgan fingerprint density at radius 1 is 1.21 bits per heavy atom. The van der Waals surface area contributed by atoms with E-state index in [1.165, 1.54) is 5.39 Å². The van der Waals surface area contributed by atoms with Crippen molar-refractivity contribution in [3.63, 3.8) is 0 Å². The number of carbonyl (C=O) groups excluding carboxylic acids is 1. The molecule has 3 aromatic rings. The van der Waals surface area contributed by atoms with Crippen molar-refractivity contribution < 1.29 is 4.79 Å². The van der Waals surface area contributed by atoms with E-state index in [-0.39, 0.29) is 18.0 Å². The summed E-state index contributed by atoms with van der Waals surface area (Å²) in [6.07, 6.45) is 3.32. The number of nitrogens with two attached hydrogens (primary N) is 1. The number of carbonyl (C=O) groups is 1. The number of fused-ring (bicyclic) bond motifs is 1. The van der Waals surface area contributed by atoms with Crippen LogP contribution in [0.5, 0.6) is 0 Å². The summed E-state index contributed by atoms with van der Waals surface area (Å²) in [5.41, 5.74) is 9.96. The minimum absolute atomic E-state index is 0.325. The van der Waals surface area contributed by atoms with Gasteiger partial charge in [-0.1, -0.05) is 48.9 Å². The van der Waals surface area contributed by atoms with E-state index in [1.54, 1.807) is 0 Å². The zero-order valence-corrected chi connectivity index (χ0v) is 15.8. The summed E-state index contributed by atoms with van der Waals surface area (Å²) in [5, 5.41) is 10.9. The van der Waals surface area contributed by atoms with E-state index < -0.39 is 0 Å². The predicted octanol–water partition coefficient (Wildman–Crippen LogP) is 3.61. The second-order valence-electron chi connectivity index (χ2n) is 7.47. The fourth-order valence-electron chi connectivity index (χ4n) is 4.14. The number of aromatic nitrogens is 1. The van der Waals surface area contributed by atoms with Gasteiger partial charge in [-0.25, -0.2) is 0 Å². The molecule has 1 saturated heterocycles. The van der Waals surface area contributed by atoms with E-state index in [0.717, 1.165) is 48.1 Å². The van der Waals surface area contributed by atoms with E-state index in [1.807, 2.05) is 17.0 Å². The van der Waals surface area contributed by atoms with Gasteiger partial charge in [-0.05, 0) is 36.1 Å². The van der Waals surface area contributed by atoms with Gasteiger partial charge in [0.2, 0.25) is 5.91 Å². The molecule has 3 N–H and O–H groups in total. The lowest BCUT2D eigenvalue weighted by Crippen LogP contribution is -2.52. The summed E-state index contributed by atoms with van der Waals surface area (Å²) in [5.74, 6) is -0.325. The highest BCUT2D eigenvalue weighted by atomic mass is 16.1. The lowest BCUT2D eigenvalue weighted by Gasteiger charge is -2.36. The van der Waals surface area contributed by atoms with E-state index in [2.05, 4.69) is 53.5 Å². The Morgan fingerprint density at radius 3 is 2.71 bits per heavy atom. The van der Waals surface area contributed by atoms with Gasteiger partial charge < -0.3 is 10.7 Å². The largest absolute Gasteiger partial charge is 0.368 e. The fourth-order valence-corrected chi connectivity index (χ4v) is 4.14. The zero-order valence-electron chi connectivity index (χ0n) is 15.8. The summed E-state index contributed by atoms with van der Waals surface area (Å²) in [7, 11) is 0. The van der Waals surface area contributed by atoms with Crippen LogP contribution < -0.4 is 5.73 Å². The number of H-pyrrole nitrogens is 1. The Kier molecular flexibility index (Phi) is 5.14. The Balaban J connectivity index is 1.51. The molecule has 5 nitrogen and oxygen atoms in total. The third-order valence-corrected chi connectivity index (χ3v) is 5.65. The zero-order chi connectivity index (χ0) is 19.5. The predicted molar refractivity (Wildman–Crippen MR) is 110 cm³/mol. The minimum Gasteiger partial charge on any atom is -0.368 e. The van der Waals surface area contributed by atoms with Crippen molar-refractivity contribution in [3.8, 4) is 17.3 Å². The SMILES string of the molecule is N#C[C@H](Cc1ccc(-c2cc3ccccc3[nH]2)cc1)N1CCCC[C@H]1C(N)=O. The number of para-hydroxylation sites is 1. The van der Waals surface area contributed by atoms with Gasteiger partial charge in [-0.15, -0.1) is 0 Å². The van der Waals surface area contributed by atoms with Crippen molar-refractivity contribution in [1.82, 2.24) is 9.88 Å². The van der Waals surface area contributed by atoms with E-state index in [0.29, 0.717) is 6.42 Å². The second-order valence-corrected chi connectivity index (χ2v) is 7.47. The number of aromatic amines is 1. The van der Waals surface area contributed by atoms with Gasteiger partial charge in [0.1, 0.15) is 6.04 Å². The van der Waals surface area contributed by atoms with Crippen LogP contribution in [-0.4, -0.2) is 34.4 Å². The molecule has 0 aliphatic carbocycles. The van der Waals surface area contributed by atoms with Gasteiger partial charge in [0.05, 0.1) is 12.1 Å². The van der Waals surface area contributed by atoms with Crippen LogP contribution in [0, 0.1) is 11.3 Å². The van der Waals surface area contributed by atoms with Crippen LogP contribution in [0.2, 0.25) is 0 Å². The summed E-state index contributed by atoms with van der Waals surface area (Å²) >= 11 is 0. The normalized spacial score (nSPS) is 18.6. The number of likely N-dealkylation sites (tertiary alicyclic amines) is 1. The van der Waals surface area contributed by atoms with Crippen LogP contribution >= 0.6 is 0 Å². The Hall–Kier alpha value is -3.10. The topological polar surface area (TPSA) is 85.9 Å². The van der Waals surface area contributed by atoms with E-state index in [9.17, 15) is 10.1 Å². The highest BCUT2D eigenvalue weighted by molar-refractivity contribution is 5.85. The quantitative estimate of drug-likeness (QED) is 0.717. The molecule has 0 unspecified atom stereocenters. The monoisotopic (exact) mass is 372 g/mol. The molecule has 0 spiro atoms. The first kappa shape index (κ1) is 18.3. The maximum atomic E-state index is 11.8. The molecule has 1 amide bonds. The molecule has 2 heterocycles. The Morgan fingerprint density at radius 2 is 2.00 bits per heavy atom. The van der Waals surface area contributed by atoms with Crippen molar-refractivity contribution in [2.24, 2.45) is 5.73 Å². The number of nitrogens with zero attached hydrogens (tertiary/aromatic N) is 2. The second kappa shape index (κ2) is 7.87. The molecule has 4 rings (SSSR count). The average molecular weight is 372 g/mol. The molecule has 1 aliphatic heterocycles. The summed E-state index contributed by atoms with van der Waals surface area (Å²) in [4.78, 5) is 17.2. The number of nitriles is 1. The van der Waals surface area contributed by atoms with Gasteiger partial charge in [0.15, 0.2) is 0 Å². The number of rotatable bonds is 5. The molecule has 142 valence electrons. The maximum Gasteiger partial charge on any atom is 0.234 e. The number of benzene rings is 2.